The van der Waals surface area contributed by atoms with E-state index < -0.39 is 0 Å². The van der Waals surface area contributed by atoms with Gasteiger partial charge < -0.3 is 14.5 Å². The number of para-hydroxylation sites is 1. The van der Waals surface area contributed by atoms with E-state index in [1.165, 1.54) is 19.8 Å². The molecule has 2 aromatic rings. The van der Waals surface area contributed by atoms with Gasteiger partial charge in [0.05, 0.1) is 25.7 Å². The largest absolute Gasteiger partial charge is 0.469 e. The van der Waals surface area contributed by atoms with Gasteiger partial charge >= 0.3 is 11.9 Å². The zero-order chi connectivity index (χ0) is 18.1. The van der Waals surface area contributed by atoms with Gasteiger partial charge in [0.15, 0.2) is 0 Å². The van der Waals surface area contributed by atoms with Crippen LogP contribution >= 0.6 is 0 Å². The summed E-state index contributed by atoms with van der Waals surface area (Å²) in [6.07, 6.45) is 3.05. The van der Waals surface area contributed by atoms with Crippen LogP contribution in [-0.2, 0) is 25.5 Å². The highest BCUT2D eigenvalue weighted by Crippen LogP contribution is 2.78. The van der Waals surface area contributed by atoms with Gasteiger partial charge in [-0.1, -0.05) is 18.2 Å². The molecule has 2 N–H and O–H groups in total. The molecular weight excluding hydrogens is 332 g/mol. The number of carbonyl (C=O) groups is 2. The number of aromatic nitrogens is 1. The molecule has 1 aromatic carbocycles. The maximum absolute atomic E-state index is 12.3. The molecule has 6 heteroatoms. The molecule has 0 saturated heterocycles. The maximum atomic E-state index is 12.3. The lowest BCUT2D eigenvalue weighted by molar-refractivity contribution is -0.238. The summed E-state index contributed by atoms with van der Waals surface area (Å²) in [4.78, 5) is 27.9. The smallest absolute Gasteiger partial charge is 0.323 e. The van der Waals surface area contributed by atoms with Crippen molar-refractivity contribution < 1.29 is 19.1 Å². The fourth-order valence-corrected chi connectivity index (χ4v) is 5.62. The average molecular weight is 354 g/mol. The number of fused-ring (bicyclic) bond motifs is 3. The molecule has 136 valence electrons. The third-order valence-electron chi connectivity index (χ3n) is 6.70. The highest BCUT2D eigenvalue weighted by molar-refractivity contribution is 5.87. The van der Waals surface area contributed by atoms with Crippen molar-refractivity contribution in [2.45, 2.75) is 37.8 Å². The van der Waals surface area contributed by atoms with Crippen molar-refractivity contribution in [3.63, 3.8) is 0 Å². The number of methoxy groups -OCH3 is 2. The van der Waals surface area contributed by atoms with Gasteiger partial charge in [-0.15, -0.1) is 0 Å². The molecule has 1 aromatic heterocycles. The van der Waals surface area contributed by atoms with Crippen molar-refractivity contribution in [1.82, 2.24) is 10.3 Å². The van der Waals surface area contributed by atoms with Crippen LogP contribution in [0.5, 0.6) is 0 Å². The van der Waals surface area contributed by atoms with Crippen molar-refractivity contribution in [2.24, 2.45) is 10.8 Å². The fraction of sp³-hybridized carbons (Fsp3) is 0.500. The third kappa shape index (κ3) is 1.85. The molecule has 1 aliphatic heterocycles. The first-order valence-corrected chi connectivity index (χ1v) is 9.04. The Balaban J connectivity index is 1.54. The molecule has 0 spiro atoms. The number of hydrogen-bond acceptors (Lipinski definition) is 5. The number of esters is 2. The lowest BCUT2D eigenvalue weighted by Crippen LogP contribution is -2.70. The quantitative estimate of drug-likeness (QED) is 0.827. The van der Waals surface area contributed by atoms with Crippen molar-refractivity contribution in [3.8, 4) is 0 Å². The molecule has 4 aliphatic rings. The van der Waals surface area contributed by atoms with Crippen LogP contribution in [0.3, 0.4) is 0 Å². The van der Waals surface area contributed by atoms with Crippen LogP contribution in [0.2, 0.25) is 0 Å². The summed E-state index contributed by atoms with van der Waals surface area (Å²) in [6, 6.07) is 7.86. The van der Waals surface area contributed by atoms with Gasteiger partial charge in [0.25, 0.3) is 0 Å². The number of H-pyrrole nitrogens is 1. The number of ether oxygens (including phenoxy) is 2. The average Bonchev–Trinajstić information content (AvgIpc) is 2.97. The van der Waals surface area contributed by atoms with Crippen LogP contribution in [0, 0.1) is 10.8 Å². The molecule has 0 unspecified atom stereocenters. The molecule has 0 amide bonds. The van der Waals surface area contributed by atoms with Gasteiger partial charge in [-0.25, -0.2) is 0 Å². The van der Waals surface area contributed by atoms with E-state index in [2.05, 4.69) is 22.4 Å². The molecular formula is C20H22N2O4. The molecule has 3 saturated carbocycles. The monoisotopic (exact) mass is 354 g/mol. The number of aromatic amines is 1. The molecule has 6 nitrogen and oxygen atoms in total. The van der Waals surface area contributed by atoms with Gasteiger partial charge in [0.2, 0.25) is 0 Å². The van der Waals surface area contributed by atoms with E-state index in [-0.39, 0.29) is 34.9 Å². The lowest BCUT2D eigenvalue weighted by Gasteiger charge is -2.71. The second-order valence-corrected chi connectivity index (χ2v) is 8.11. The van der Waals surface area contributed by atoms with E-state index in [0.717, 1.165) is 35.9 Å². The lowest BCUT2D eigenvalue weighted by atomic mass is 9.32. The number of carbonyl (C=O) groups excluding carboxylic acids is 2. The molecule has 26 heavy (non-hydrogen) atoms. The second-order valence-electron chi connectivity index (χ2n) is 8.11. The van der Waals surface area contributed by atoms with Gasteiger partial charge in [-0.2, -0.15) is 0 Å². The van der Waals surface area contributed by atoms with E-state index in [1.807, 2.05) is 12.1 Å². The Morgan fingerprint density at radius 3 is 2.54 bits per heavy atom. The molecule has 2 bridgehead atoms. The molecule has 0 radical (unpaired) electrons. The Bertz CT molecular complexity index is 911. The van der Waals surface area contributed by atoms with E-state index in [1.54, 1.807) is 0 Å². The minimum absolute atomic E-state index is 0.0104. The van der Waals surface area contributed by atoms with Crippen molar-refractivity contribution >= 4 is 22.8 Å². The Labute approximate surface area is 151 Å². The number of benzene rings is 1. The summed E-state index contributed by atoms with van der Waals surface area (Å²) in [6.45, 7) is 0. The third-order valence-corrected chi connectivity index (χ3v) is 6.70. The van der Waals surface area contributed by atoms with Crippen LogP contribution in [0.15, 0.2) is 24.3 Å². The van der Waals surface area contributed by atoms with Crippen LogP contribution in [0.25, 0.3) is 10.9 Å². The van der Waals surface area contributed by atoms with Gasteiger partial charge in [-0.05, 0) is 36.3 Å². The maximum Gasteiger partial charge on any atom is 0.323 e. The molecule has 2 heterocycles. The summed E-state index contributed by atoms with van der Waals surface area (Å²) in [7, 11) is 2.88. The summed E-state index contributed by atoms with van der Waals surface area (Å²) >= 11 is 0. The zero-order valence-electron chi connectivity index (χ0n) is 14.9. The SMILES string of the molecule is COC(=O)[C@H]1Cc2c([nH]c3ccccc23)[C@@H](C23CC(C(=O)OC)(C2)C3)N1. The normalized spacial score (nSPS) is 34.4. The van der Waals surface area contributed by atoms with Crippen molar-refractivity contribution in [2.75, 3.05) is 14.2 Å². The first kappa shape index (κ1) is 15.9. The van der Waals surface area contributed by atoms with Crippen molar-refractivity contribution in [1.29, 1.82) is 0 Å². The summed E-state index contributed by atoms with van der Waals surface area (Å²) < 4.78 is 9.99. The van der Waals surface area contributed by atoms with E-state index >= 15 is 0 Å². The highest BCUT2D eigenvalue weighted by atomic mass is 16.5. The Hall–Kier alpha value is -2.34. The van der Waals surface area contributed by atoms with Crippen molar-refractivity contribution in [3.05, 3.63) is 35.5 Å². The molecule has 3 fully saturated rings. The summed E-state index contributed by atoms with van der Waals surface area (Å²) in [5.74, 6) is -0.336. The molecule has 3 aliphatic carbocycles. The fourth-order valence-electron chi connectivity index (χ4n) is 5.62. The predicted octanol–water partition coefficient (Wildman–Crippen LogP) is 2.24. The Morgan fingerprint density at radius 2 is 1.85 bits per heavy atom. The van der Waals surface area contributed by atoms with Crippen LogP contribution in [0.4, 0.5) is 0 Å². The minimum atomic E-state index is -0.361. The summed E-state index contributed by atoms with van der Waals surface area (Å²) in [5, 5.41) is 4.68. The second kappa shape index (κ2) is 5.10. The number of rotatable bonds is 3. The first-order valence-electron chi connectivity index (χ1n) is 9.04. The molecule has 2 atom stereocenters. The Morgan fingerprint density at radius 1 is 1.12 bits per heavy atom. The van der Waals surface area contributed by atoms with Gasteiger partial charge in [0, 0.05) is 23.0 Å². The number of nitrogens with one attached hydrogen (secondary N) is 2. The zero-order valence-corrected chi connectivity index (χ0v) is 14.9. The summed E-state index contributed by atoms with van der Waals surface area (Å²) in [5.41, 5.74) is 3.14. The predicted molar refractivity (Wildman–Crippen MR) is 94.4 cm³/mol. The Kier molecular flexibility index (Phi) is 3.11. The van der Waals surface area contributed by atoms with Gasteiger partial charge in [-0.3, -0.25) is 14.9 Å². The molecule has 6 rings (SSSR count). The van der Waals surface area contributed by atoms with E-state index in [9.17, 15) is 9.59 Å². The first-order chi connectivity index (χ1) is 12.5. The van der Waals surface area contributed by atoms with E-state index in [0.29, 0.717) is 6.42 Å². The minimum Gasteiger partial charge on any atom is -0.469 e. The highest BCUT2D eigenvalue weighted by Gasteiger charge is 2.75. The van der Waals surface area contributed by atoms with Crippen LogP contribution < -0.4 is 5.32 Å². The topological polar surface area (TPSA) is 80.4 Å². The van der Waals surface area contributed by atoms with Gasteiger partial charge in [0.1, 0.15) is 6.04 Å². The standard InChI is InChI=1S/C20H22N2O4/c1-25-17(23)14-7-12-11-5-3-4-6-13(11)21-15(12)16(22-14)19-8-20(9-19,10-19)18(24)26-2/h3-6,14,16,21-22H,7-10H2,1-2H3/t14-,16+,19?,20?/m1/s1. The van der Waals surface area contributed by atoms with E-state index in [4.69, 9.17) is 9.47 Å². The number of hydrogen-bond donors (Lipinski definition) is 2. The van der Waals surface area contributed by atoms with Crippen LogP contribution in [-0.4, -0.2) is 37.2 Å². The van der Waals surface area contributed by atoms with Crippen LogP contribution in [0.1, 0.15) is 36.6 Å².